The van der Waals surface area contributed by atoms with Crippen LogP contribution in [-0.4, -0.2) is 45.1 Å². The Labute approximate surface area is 200 Å². The molecule has 0 saturated carbocycles. The van der Waals surface area contributed by atoms with E-state index in [1.165, 1.54) is 17.9 Å². The molecule has 0 fully saturated rings. The Kier molecular flexibility index (Phi) is 8.17. The first-order valence-electron chi connectivity index (χ1n) is 10.7. The number of benzene rings is 2. The summed E-state index contributed by atoms with van der Waals surface area (Å²) in [6.07, 6.45) is -4.22. The molecular formula is C23H27ClF3N5O2. The Hall–Kier alpha value is -2.69. The highest BCUT2D eigenvalue weighted by Gasteiger charge is 2.36. The molecule has 0 aliphatic carbocycles. The van der Waals surface area contributed by atoms with Gasteiger partial charge < -0.3 is 15.2 Å². The number of hydrogen-bond acceptors (Lipinski definition) is 6. The van der Waals surface area contributed by atoms with E-state index in [1.54, 1.807) is 24.3 Å². The summed E-state index contributed by atoms with van der Waals surface area (Å²) in [7, 11) is 1.19. The summed E-state index contributed by atoms with van der Waals surface area (Å²) in [4.78, 5) is 0. The lowest BCUT2D eigenvalue weighted by Gasteiger charge is -2.28. The van der Waals surface area contributed by atoms with Crippen molar-refractivity contribution in [2.45, 2.75) is 45.5 Å². The van der Waals surface area contributed by atoms with Crippen LogP contribution in [0.5, 0.6) is 5.75 Å². The van der Waals surface area contributed by atoms with Crippen molar-refractivity contribution < 1.29 is 23.0 Å². The number of methoxy groups -OCH3 is 1. The highest BCUT2D eigenvalue weighted by Crippen LogP contribution is 2.39. The zero-order chi connectivity index (χ0) is 25.0. The summed E-state index contributed by atoms with van der Waals surface area (Å²) in [6, 6.07) is 8.08. The molecule has 1 unspecified atom stereocenters. The van der Waals surface area contributed by atoms with Crippen LogP contribution in [0.25, 0.3) is 5.69 Å². The van der Waals surface area contributed by atoms with E-state index in [1.807, 2.05) is 20.8 Å². The maximum absolute atomic E-state index is 13.8. The standard InChI is InChI=1S/C23H27ClF3N5O2/c1-13(2)18(10-11-33)28-21(15-8-9-20(34-4)16(12-15)23(25,26)27)22-29-30-31-32(22)19-7-5-6-17(24)14(19)3/h5-9,12-13,18,21,28,33H,10-11H2,1-4H3/t18-,21?/m1/s1. The van der Waals surface area contributed by atoms with Crippen LogP contribution in [0.3, 0.4) is 0 Å². The van der Waals surface area contributed by atoms with Crippen LogP contribution in [0.4, 0.5) is 13.2 Å². The van der Waals surface area contributed by atoms with Gasteiger partial charge in [-0.05, 0) is 65.1 Å². The molecule has 1 heterocycles. The van der Waals surface area contributed by atoms with Gasteiger partial charge in [0.1, 0.15) is 5.75 Å². The van der Waals surface area contributed by atoms with Crippen LogP contribution >= 0.6 is 11.6 Å². The van der Waals surface area contributed by atoms with Gasteiger partial charge in [0, 0.05) is 17.7 Å². The smallest absolute Gasteiger partial charge is 0.419 e. The summed E-state index contributed by atoms with van der Waals surface area (Å²) in [5.41, 5.74) is 0.720. The summed E-state index contributed by atoms with van der Waals surface area (Å²) in [6.45, 7) is 5.65. The monoisotopic (exact) mass is 497 g/mol. The van der Waals surface area contributed by atoms with Gasteiger partial charge in [-0.15, -0.1) is 5.10 Å². The third kappa shape index (κ3) is 5.51. The average Bonchev–Trinajstić information content (AvgIpc) is 3.26. The molecule has 0 radical (unpaired) electrons. The van der Waals surface area contributed by atoms with Gasteiger partial charge in [-0.25, -0.2) is 0 Å². The first-order valence-corrected chi connectivity index (χ1v) is 11.1. The number of tetrazole rings is 1. The molecule has 2 N–H and O–H groups in total. The summed E-state index contributed by atoms with van der Waals surface area (Å²) < 4.78 is 47.8. The Bertz CT molecular complexity index is 1120. The quantitative estimate of drug-likeness (QED) is 0.444. The van der Waals surface area contributed by atoms with Crippen molar-refractivity contribution in [3.63, 3.8) is 0 Å². The molecule has 184 valence electrons. The Morgan fingerprint density at radius 3 is 2.56 bits per heavy atom. The first kappa shape index (κ1) is 25.9. The Morgan fingerprint density at radius 2 is 1.94 bits per heavy atom. The molecule has 2 atom stereocenters. The highest BCUT2D eigenvalue weighted by molar-refractivity contribution is 6.31. The van der Waals surface area contributed by atoms with Gasteiger partial charge in [0.05, 0.1) is 24.4 Å². The maximum atomic E-state index is 13.8. The van der Waals surface area contributed by atoms with Crippen molar-refractivity contribution in [1.29, 1.82) is 0 Å². The molecule has 3 aromatic rings. The molecule has 2 aromatic carbocycles. The summed E-state index contributed by atoms with van der Waals surface area (Å²) >= 11 is 6.29. The van der Waals surface area contributed by atoms with Crippen molar-refractivity contribution in [2.75, 3.05) is 13.7 Å². The molecular weight excluding hydrogens is 471 g/mol. The van der Waals surface area contributed by atoms with Gasteiger partial charge in [-0.3, -0.25) is 0 Å². The van der Waals surface area contributed by atoms with E-state index in [4.69, 9.17) is 16.3 Å². The molecule has 0 saturated heterocycles. The van der Waals surface area contributed by atoms with E-state index in [0.29, 0.717) is 22.7 Å². The second-order valence-corrected chi connectivity index (χ2v) is 8.66. The second kappa shape index (κ2) is 10.7. The Balaban J connectivity index is 2.20. The fourth-order valence-electron chi connectivity index (χ4n) is 3.78. The number of hydrogen-bond donors (Lipinski definition) is 2. The molecule has 1 aromatic heterocycles. The van der Waals surface area contributed by atoms with Crippen LogP contribution in [-0.2, 0) is 6.18 Å². The minimum absolute atomic E-state index is 0.0761. The Morgan fingerprint density at radius 1 is 1.21 bits per heavy atom. The predicted octanol–water partition coefficient (Wildman–Crippen LogP) is 4.74. The molecule has 3 rings (SSSR count). The van der Waals surface area contributed by atoms with Gasteiger partial charge in [-0.2, -0.15) is 17.9 Å². The van der Waals surface area contributed by atoms with Crippen molar-refractivity contribution in [3.8, 4) is 11.4 Å². The number of alkyl halides is 3. The third-order valence-electron chi connectivity index (χ3n) is 5.71. The lowest BCUT2D eigenvalue weighted by atomic mass is 9.96. The molecule has 34 heavy (non-hydrogen) atoms. The lowest BCUT2D eigenvalue weighted by Crippen LogP contribution is -2.39. The first-order chi connectivity index (χ1) is 16.1. The fraction of sp³-hybridized carbons (Fsp3) is 0.435. The summed E-state index contributed by atoms with van der Waals surface area (Å²) in [5.74, 6) is 0.0792. The van der Waals surface area contributed by atoms with E-state index in [9.17, 15) is 18.3 Å². The minimum Gasteiger partial charge on any atom is -0.496 e. The average molecular weight is 498 g/mol. The van der Waals surface area contributed by atoms with E-state index in [-0.39, 0.29) is 30.1 Å². The number of halogens is 4. The number of aliphatic hydroxyl groups excluding tert-OH is 1. The highest BCUT2D eigenvalue weighted by atomic mass is 35.5. The van der Waals surface area contributed by atoms with Gasteiger partial charge in [0.2, 0.25) is 0 Å². The molecule has 0 amide bonds. The molecule has 0 bridgehead atoms. The fourth-order valence-corrected chi connectivity index (χ4v) is 3.95. The van der Waals surface area contributed by atoms with Crippen molar-refractivity contribution in [1.82, 2.24) is 25.5 Å². The molecule has 0 aliphatic heterocycles. The van der Waals surface area contributed by atoms with E-state index in [0.717, 1.165) is 11.6 Å². The molecule has 0 spiro atoms. The van der Waals surface area contributed by atoms with Crippen LogP contribution < -0.4 is 10.1 Å². The predicted molar refractivity (Wildman–Crippen MR) is 122 cm³/mol. The molecule has 11 heteroatoms. The topological polar surface area (TPSA) is 85.1 Å². The zero-order valence-corrected chi connectivity index (χ0v) is 20.0. The third-order valence-corrected chi connectivity index (χ3v) is 6.12. The second-order valence-electron chi connectivity index (χ2n) is 8.25. The maximum Gasteiger partial charge on any atom is 0.419 e. The minimum atomic E-state index is -4.62. The number of nitrogens with zero attached hydrogens (tertiary/aromatic N) is 4. The van der Waals surface area contributed by atoms with E-state index < -0.39 is 17.8 Å². The normalized spacial score (nSPS) is 13.8. The van der Waals surface area contributed by atoms with Gasteiger partial charge in [0.15, 0.2) is 5.82 Å². The summed E-state index contributed by atoms with van der Waals surface area (Å²) in [5, 5.41) is 25.5. The number of ether oxygens (including phenoxy) is 1. The van der Waals surface area contributed by atoms with Crippen molar-refractivity contribution in [3.05, 3.63) is 63.9 Å². The lowest BCUT2D eigenvalue weighted by molar-refractivity contribution is -0.138. The van der Waals surface area contributed by atoms with Crippen LogP contribution in [0.1, 0.15) is 48.8 Å². The van der Waals surface area contributed by atoms with E-state index >= 15 is 0 Å². The largest absolute Gasteiger partial charge is 0.496 e. The van der Waals surface area contributed by atoms with Crippen molar-refractivity contribution in [2.24, 2.45) is 5.92 Å². The number of rotatable bonds is 9. The molecule has 7 nitrogen and oxygen atoms in total. The SMILES string of the molecule is COc1ccc(C(N[C@H](CCO)C(C)C)c2nnnn2-c2cccc(Cl)c2C)cc1C(F)(F)F. The zero-order valence-electron chi connectivity index (χ0n) is 19.3. The van der Waals surface area contributed by atoms with Gasteiger partial charge in [0.25, 0.3) is 0 Å². The molecule has 0 aliphatic rings. The van der Waals surface area contributed by atoms with Crippen LogP contribution in [0, 0.1) is 12.8 Å². The number of aliphatic hydroxyl groups is 1. The van der Waals surface area contributed by atoms with Crippen LogP contribution in [0.2, 0.25) is 5.02 Å². The number of aromatic nitrogens is 4. The van der Waals surface area contributed by atoms with Crippen LogP contribution in [0.15, 0.2) is 36.4 Å². The van der Waals surface area contributed by atoms with Crippen molar-refractivity contribution >= 4 is 11.6 Å². The van der Waals surface area contributed by atoms with E-state index in [2.05, 4.69) is 20.8 Å². The van der Waals surface area contributed by atoms with Gasteiger partial charge >= 0.3 is 6.18 Å². The number of nitrogens with one attached hydrogen (secondary N) is 1. The van der Waals surface area contributed by atoms with Gasteiger partial charge in [-0.1, -0.05) is 37.6 Å².